The van der Waals surface area contributed by atoms with E-state index in [0.717, 1.165) is 5.56 Å². The Bertz CT molecular complexity index is 554. The molecule has 2 rings (SSSR count). The van der Waals surface area contributed by atoms with Crippen molar-refractivity contribution >= 4 is 17.5 Å². The zero-order valence-corrected chi connectivity index (χ0v) is 12.6. The number of hydrogen-bond donors (Lipinski definition) is 2. The lowest BCUT2D eigenvalue weighted by atomic mass is 10.0. The van der Waals surface area contributed by atoms with Gasteiger partial charge in [-0.3, -0.25) is 9.59 Å². The summed E-state index contributed by atoms with van der Waals surface area (Å²) in [5.41, 5.74) is 1.64. The second-order valence-electron chi connectivity index (χ2n) is 5.71. The van der Waals surface area contributed by atoms with E-state index < -0.39 is 0 Å². The first-order valence-electron chi connectivity index (χ1n) is 7.70. The number of nitrogens with zero attached hydrogens (tertiary/aromatic N) is 1. The lowest BCUT2D eigenvalue weighted by Gasteiger charge is -2.10. The smallest absolute Gasteiger partial charge is 0.238 e. The number of hydrogen-bond acceptors (Lipinski definition) is 3. The minimum atomic E-state index is -0.319. The fourth-order valence-corrected chi connectivity index (χ4v) is 2.73. The van der Waals surface area contributed by atoms with Crippen LogP contribution in [0.2, 0.25) is 0 Å². The summed E-state index contributed by atoms with van der Waals surface area (Å²) in [4.78, 5) is 23.1. The van der Waals surface area contributed by atoms with Gasteiger partial charge in [0.15, 0.2) is 0 Å². The molecule has 1 aliphatic rings. The van der Waals surface area contributed by atoms with E-state index in [-0.39, 0.29) is 18.2 Å². The number of carbonyl (C=O) groups excluding carboxylic acids is 2. The van der Waals surface area contributed by atoms with E-state index in [1.165, 1.54) is 25.7 Å². The maximum absolute atomic E-state index is 11.9. The molecule has 2 N–H and O–H groups in total. The molecule has 22 heavy (non-hydrogen) atoms. The van der Waals surface area contributed by atoms with Gasteiger partial charge in [-0.05, 0) is 36.5 Å². The Kier molecular flexibility index (Phi) is 5.96. The summed E-state index contributed by atoms with van der Waals surface area (Å²) in [6.07, 6.45) is 5.31. The Morgan fingerprint density at radius 3 is 2.45 bits per heavy atom. The largest absolute Gasteiger partial charge is 0.352 e. The summed E-state index contributed by atoms with van der Waals surface area (Å²) in [7, 11) is 0. The van der Waals surface area contributed by atoms with Crippen LogP contribution in [0.3, 0.4) is 0 Å². The highest BCUT2D eigenvalue weighted by molar-refractivity contribution is 5.92. The van der Waals surface area contributed by atoms with Gasteiger partial charge in [0, 0.05) is 18.7 Å². The minimum absolute atomic E-state index is 0.110. The number of nitriles is 1. The molecule has 0 spiro atoms. The number of benzene rings is 1. The first kappa shape index (κ1) is 16.0. The van der Waals surface area contributed by atoms with E-state index in [9.17, 15) is 9.59 Å². The van der Waals surface area contributed by atoms with Gasteiger partial charge in [-0.15, -0.1) is 0 Å². The third-order valence-electron chi connectivity index (χ3n) is 3.92. The maximum atomic E-state index is 11.9. The Labute approximate surface area is 130 Å². The summed E-state index contributed by atoms with van der Waals surface area (Å²) in [6, 6.07) is 9.06. The molecule has 5 nitrogen and oxygen atoms in total. The van der Waals surface area contributed by atoms with E-state index in [4.69, 9.17) is 5.26 Å². The molecule has 116 valence electrons. The molecule has 1 aromatic carbocycles. The standard InChI is InChI=1S/C17H21N3O2/c18-10-9-16(21)20-15-7-5-14(6-8-15)12-19-17(22)11-13-3-1-2-4-13/h5-8,13H,1-4,9,11-12H2,(H,19,22)(H,20,21). The van der Waals surface area contributed by atoms with Gasteiger partial charge < -0.3 is 10.6 Å². The Morgan fingerprint density at radius 1 is 1.14 bits per heavy atom. The van der Waals surface area contributed by atoms with Gasteiger partial charge in [-0.2, -0.15) is 5.26 Å². The van der Waals surface area contributed by atoms with Crippen molar-refractivity contribution in [3.05, 3.63) is 29.8 Å². The highest BCUT2D eigenvalue weighted by atomic mass is 16.2. The topological polar surface area (TPSA) is 82.0 Å². The number of anilines is 1. The third-order valence-corrected chi connectivity index (χ3v) is 3.92. The summed E-state index contributed by atoms with van der Waals surface area (Å²) >= 11 is 0. The molecular weight excluding hydrogens is 278 g/mol. The van der Waals surface area contributed by atoms with Gasteiger partial charge in [-0.25, -0.2) is 0 Å². The lowest BCUT2D eigenvalue weighted by molar-refractivity contribution is -0.122. The molecule has 0 atom stereocenters. The van der Waals surface area contributed by atoms with Crippen LogP contribution in [0.25, 0.3) is 0 Å². The minimum Gasteiger partial charge on any atom is -0.352 e. The molecule has 2 amide bonds. The van der Waals surface area contributed by atoms with Crippen LogP contribution in [0.5, 0.6) is 0 Å². The highest BCUT2D eigenvalue weighted by Crippen LogP contribution is 2.27. The molecule has 0 unspecified atom stereocenters. The van der Waals surface area contributed by atoms with E-state index >= 15 is 0 Å². The molecule has 0 heterocycles. The first-order valence-corrected chi connectivity index (χ1v) is 7.70. The molecule has 1 aromatic rings. The summed E-state index contributed by atoms with van der Waals surface area (Å²) in [6.45, 7) is 0.498. The quantitative estimate of drug-likeness (QED) is 0.847. The van der Waals surface area contributed by atoms with Crippen LogP contribution >= 0.6 is 0 Å². The van der Waals surface area contributed by atoms with E-state index in [0.29, 0.717) is 24.6 Å². The van der Waals surface area contributed by atoms with Crippen molar-refractivity contribution in [2.45, 2.75) is 45.1 Å². The zero-order chi connectivity index (χ0) is 15.8. The molecule has 1 fully saturated rings. The van der Waals surface area contributed by atoms with Gasteiger partial charge in [0.1, 0.15) is 6.42 Å². The Morgan fingerprint density at radius 2 is 1.82 bits per heavy atom. The average Bonchev–Trinajstić information content (AvgIpc) is 3.00. The zero-order valence-electron chi connectivity index (χ0n) is 12.6. The molecular formula is C17H21N3O2. The SMILES string of the molecule is N#CCC(=O)Nc1ccc(CNC(=O)CC2CCCC2)cc1. The summed E-state index contributed by atoms with van der Waals surface area (Å²) in [5.74, 6) is 0.344. The number of amides is 2. The normalized spacial score (nSPS) is 14.3. The van der Waals surface area contributed by atoms with Gasteiger partial charge >= 0.3 is 0 Å². The van der Waals surface area contributed by atoms with Crippen molar-refractivity contribution in [3.63, 3.8) is 0 Å². The summed E-state index contributed by atoms with van der Waals surface area (Å²) in [5, 5.41) is 14.0. The maximum Gasteiger partial charge on any atom is 0.238 e. The molecule has 0 radical (unpaired) electrons. The predicted molar refractivity (Wildman–Crippen MR) is 83.7 cm³/mol. The van der Waals surface area contributed by atoms with Crippen molar-refractivity contribution in [1.29, 1.82) is 5.26 Å². The molecule has 5 heteroatoms. The number of rotatable bonds is 6. The van der Waals surface area contributed by atoms with Gasteiger partial charge in [0.25, 0.3) is 0 Å². The van der Waals surface area contributed by atoms with Crippen molar-refractivity contribution in [2.24, 2.45) is 5.92 Å². The monoisotopic (exact) mass is 299 g/mol. The van der Waals surface area contributed by atoms with Crippen molar-refractivity contribution in [2.75, 3.05) is 5.32 Å². The summed E-state index contributed by atoms with van der Waals surface area (Å²) < 4.78 is 0. The second kappa shape index (κ2) is 8.18. The van der Waals surface area contributed by atoms with Crippen LogP contribution in [0.1, 0.15) is 44.1 Å². The number of carbonyl (C=O) groups is 2. The fourth-order valence-electron chi connectivity index (χ4n) is 2.73. The molecule has 0 aromatic heterocycles. The predicted octanol–water partition coefficient (Wildman–Crippen LogP) is 2.74. The fraction of sp³-hybridized carbons (Fsp3) is 0.471. The van der Waals surface area contributed by atoms with E-state index in [1.54, 1.807) is 18.2 Å². The van der Waals surface area contributed by atoms with Crippen molar-refractivity contribution < 1.29 is 9.59 Å². The molecule has 1 aliphatic carbocycles. The van der Waals surface area contributed by atoms with Crippen LogP contribution in [0.4, 0.5) is 5.69 Å². The van der Waals surface area contributed by atoms with Gasteiger partial charge in [-0.1, -0.05) is 25.0 Å². The van der Waals surface area contributed by atoms with Crippen molar-refractivity contribution in [3.8, 4) is 6.07 Å². The average molecular weight is 299 g/mol. The van der Waals surface area contributed by atoms with Crippen LogP contribution in [0, 0.1) is 17.2 Å². The van der Waals surface area contributed by atoms with Crippen LogP contribution in [0.15, 0.2) is 24.3 Å². The van der Waals surface area contributed by atoms with E-state index in [1.807, 2.05) is 12.1 Å². The van der Waals surface area contributed by atoms with Crippen LogP contribution in [-0.4, -0.2) is 11.8 Å². The van der Waals surface area contributed by atoms with Crippen LogP contribution in [-0.2, 0) is 16.1 Å². The highest BCUT2D eigenvalue weighted by Gasteiger charge is 2.18. The second-order valence-corrected chi connectivity index (χ2v) is 5.71. The van der Waals surface area contributed by atoms with Gasteiger partial charge in [0.2, 0.25) is 11.8 Å². The Balaban J connectivity index is 1.75. The molecule has 0 saturated heterocycles. The molecule has 0 aliphatic heterocycles. The van der Waals surface area contributed by atoms with E-state index in [2.05, 4.69) is 10.6 Å². The molecule has 1 saturated carbocycles. The first-order chi connectivity index (χ1) is 10.7. The molecule has 0 bridgehead atoms. The van der Waals surface area contributed by atoms with Gasteiger partial charge in [0.05, 0.1) is 6.07 Å². The van der Waals surface area contributed by atoms with Crippen molar-refractivity contribution in [1.82, 2.24) is 5.32 Å². The van der Waals surface area contributed by atoms with Crippen LogP contribution < -0.4 is 10.6 Å². The lowest BCUT2D eigenvalue weighted by Crippen LogP contribution is -2.24. The third kappa shape index (κ3) is 5.21. The number of nitrogens with one attached hydrogen (secondary N) is 2. The Hall–Kier alpha value is -2.35.